The Bertz CT molecular complexity index is 573. The lowest BCUT2D eigenvalue weighted by molar-refractivity contribution is -0.135. The van der Waals surface area contributed by atoms with Crippen molar-refractivity contribution in [2.45, 2.75) is 19.4 Å². The van der Waals surface area contributed by atoms with Crippen LogP contribution in [-0.4, -0.2) is 47.5 Å². The molecule has 1 fully saturated rings. The van der Waals surface area contributed by atoms with Gasteiger partial charge in [-0.15, -0.1) is 11.8 Å². The molecule has 1 aliphatic rings. The monoisotopic (exact) mass is 322 g/mol. The van der Waals surface area contributed by atoms with Crippen LogP contribution in [0.5, 0.6) is 0 Å². The van der Waals surface area contributed by atoms with Gasteiger partial charge in [0, 0.05) is 17.9 Å². The highest BCUT2D eigenvalue weighted by atomic mass is 32.2. The van der Waals surface area contributed by atoms with Crippen LogP contribution in [-0.2, 0) is 14.3 Å². The zero-order valence-electron chi connectivity index (χ0n) is 12.5. The van der Waals surface area contributed by atoms with E-state index in [1.54, 1.807) is 47.9 Å². The Morgan fingerprint density at radius 2 is 2.00 bits per heavy atom. The largest absolute Gasteiger partial charge is 0.465 e. The van der Waals surface area contributed by atoms with E-state index in [0.29, 0.717) is 29.3 Å². The lowest BCUT2D eigenvalue weighted by Crippen LogP contribution is -2.44. The Hall–Kier alpha value is -2.02. The summed E-state index contributed by atoms with van der Waals surface area (Å²) in [6, 6.07) is 5.99. The number of amides is 2. The van der Waals surface area contributed by atoms with Gasteiger partial charge in [0.25, 0.3) is 0 Å². The van der Waals surface area contributed by atoms with E-state index in [9.17, 15) is 14.4 Å². The van der Waals surface area contributed by atoms with Gasteiger partial charge in [0.2, 0.25) is 11.8 Å². The summed E-state index contributed by atoms with van der Waals surface area (Å²) in [6.07, 6.45) is 0.387. The number of carbonyl (C=O) groups excluding carboxylic acids is 3. The lowest BCUT2D eigenvalue weighted by Gasteiger charge is -2.22. The van der Waals surface area contributed by atoms with E-state index in [1.165, 1.54) is 7.11 Å². The third kappa shape index (κ3) is 3.59. The van der Waals surface area contributed by atoms with Crippen LogP contribution in [0.1, 0.15) is 23.7 Å². The molecule has 1 saturated heterocycles. The fourth-order valence-corrected chi connectivity index (χ4v) is 3.32. The summed E-state index contributed by atoms with van der Waals surface area (Å²) in [4.78, 5) is 37.1. The van der Waals surface area contributed by atoms with Gasteiger partial charge in [-0.25, -0.2) is 4.79 Å². The Labute approximate surface area is 133 Å². The van der Waals surface area contributed by atoms with Crippen LogP contribution in [0.3, 0.4) is 0 Å². The van der Waals surface area contributed by atoms with Crippen molar-refractivity contribution in [1.82, 2.24) is 4.90 Å². The molecule has 1 heterocycles. The van der Waals surface area contributed by atoms with E-state index in [2.05, 4.69) is 10.1 Å². The van der Waals surface area contributed by atoms with Gasteiger partial charge in [-0.05, 0) is 24.3 Å². The molecule has 0 aromatic heterocycles. The lowest BCUT2D eigenvalue weighted by atomic mass is 10.2. The number of ether oxygens (including phenoxy) is 1. The first-order valence-electron chi connectivity index (χ1n) is 6.93. The van der Waals surface area contributed by atoms with Gasteiger partial charge >= 0.3 is 5.97 Å². The Morgan fingerprint density at radius 3 is 2.59 bits per heavy atom. The van der Waals surface area contributed by atoms with Crippen LogP contribution in [0.2, 0.25) is 0 Å². The topological polar surface area (TPSA) is 75.7 Å². The number of anilines is 1. The molecule has 1 aromatic rings. The number of nitrogens with one attached hydrogen (secondary N) is 1. The summed E-state index contributed by atoms with van der Waals surface area (Å²) in [5.74, 6) is 0.484. The second-order valence-corrected chi connectivity index (χ2v) is 5.79. The maximum Gasteiger partial charge on any atom is 0.337 e. The first-order chi connectivity index (χ1) is 10.6. The molecule has 1 unspecified atom stereocenters. The third-order valence-electron chi connectivity index (χ3n) is 3.38. The molecule has 0 aliphatic carbocycles. The molecule has 1 atom stereocenters. The van der Waals surface area contributed by atoms with Crippen LogP contribution in [0.15, 0.2) is 24.3 Å². The maximum absolute atomic E-state index is 12.3. The van der Waals surface area contributed by atoms with Gasteiger partial charge in [0.15, 0.2) is 0 Å². The van der Waals surface area contributed by atoms with Crippen LogP contribution < -0.4 is 5.32 Å². The number of thioether (sulfide) groups is 1. The van der Waals surface area contributed by atoms with Crippen molar-refractivity contribution < 1.29 is 19.1 Å². The van der Waals surface area contributed by atoms with Gasteiger partial charge in [0.05, 0.1) is 18.6 Å². The molecule has 1 aliphatic heterocycles. The summed E-state index contributed by atoms with van der Waals surface area (Å²) >= 11 is 1.57. The Balaban J connectivity index is 2.02. The van der Waals surface area contributed by atoms with E-state index >= 15 is 0 Å². The number of esters is 1. The summed E-state index contributed by atoms with van der Waals surface area (Å²) in [7, 11) is 1.31. The zero-order valence-corrected chi connectivity index (χ0v) is 13.3. The molecule has 2 rings (SSSR count). The maximum atomic E-state index is 12.3. The molecule has 0 saturated carbocycles. The van der Waals surface area contributed by atoms with E-state index in [-0.39, 0.29) is 11.8 Å². The van der Waals surface area contributed by atoms with E-state index in [1.807, 2.05) is 0 Å². The van der Waals surface area contributed by atoms with Crippen molar-refractivity contribution in [3.63, 3.8) is 0 Å². The highest BCUT2D eigenvalue weighted by molar-refractivity contribution is 7.99. The van der Waals surface area contributed by atoms with Gasteiger partial charge < -0.3 is 15.0 Å². The molecule has 6 nitrogen and oxygen atoms in total. The van der Waals surface area contributed by atoms with Crippen LogP contribution in [0.4, 0.5) is 5.69 Å². The number of rotatable bonds is 4. The number of nitrogens with zero attached hydrogens (tertiary/aromatic N) is 1. The molecule has 0 bridgehead atoms. The van der Waals surface area contributed by atoms with E-state index in [0.717, 1.165) is 0 Å². The SMILES string of the molecule is CCC(=O)N1CSCC1C(=O)Nc1ccc(C(=O)OC)cc1. The van der Waals surface area contributed by atoms with Gasteiger partial charge in [0.1, 0.15) is 6.04 Å². The highest BCUT2D eigenvalue weighted by Gasteiger charge is 2.33. The molecule has 118 valence electrons. The number of hydrogen-bond acceptors (Lipinski definition) is 5. The summed E-state index contributed by atoms with van der Waals surface area (Å²) in [5, 5.41) is 2.78. The van der Waals surface area contributed by atoms with Crippen molar-refractivity contribution in [2.75, 3.05) is 24.1 Å². The fourth-order valence-electron chi connectivity index (χ4n) is 2.14. The van der Waals surface area contributed by atoms with Crippen molar-refractivity contribution in [3.05, 3.63) is 29.8 Å². The Morgan fingerprint density at radius 1 is 1.32 bits per heavy atom. The molecular weight excluding hydrogens is 304 g/mol. The second kappa shape index (κ2) is 7.31. The van der Waals surface area contributed by atoms with E-state index < -0.39 is 12.0 Å². The normalized spacial score (nSPS) is 17.2. The number of benzene rings is 1. The minimum atomic E-state index is -0.447. The van der Waals surface area contributed by atoms with Crippen LogP contribution >= 0.6 is 11.8 Å². The zero-order chi connectivity index (χ0) is 16.1. The average Bonchev–Trinajstić information content (AvgIpc) is 3.03. The molecule has 1 N–H and O–H groups in total. The van der Waals surface area contributed by atoms with Crippen molar-refractivity contribution in [1.29, 1.82) is 0 Å². The van der Waals surface area contributed by atoms with Crippen molar-refractivity contribution >= 4 is 35.2 Å². The first kappa shape index (κ1) is 16.4. The first-order valence-corrected chi connectivity index (χ1v) is 8.08. The molecular formula is C15H18N2O4S. The predicted octanol–water partition coefficient (Wildman–Crippen LogP) is 1.72. The molecule has 22 heavy (non-hydrogen) atoms. The van der Waals surface area contributed by atoms with E-state index in [4.69, 9.17) is 0 Å². The number of hydrogen-bond donors (Lipinski definition) is 1. The summed E-state index contributed by atoms with van der Waals surface area (Å²) in [5.41, 5.74) is 0.998. The molecule has 0 radical (unpaired) electrons. The highest BCUT2D eigenvalue weighted by Crippen LogP contribution is 2.23. The van der Waals surface area contributed by atoms with Crippen LogP contribution in [0.25, 0.3) is 0 Å². The minimum Gasteiger partial charge on any atom is -0.465 e. The number of methoxy groups -OCH3 is 1. The van der Waals surface area contributed by atoms with Crippen LogP contribution in [0, 0.1) is 0 Å². The van der Waals surface area contributed by atoms with Crippen molar-refractivity contribution in [3.8, 4) is 0 Å². The fraction of sp³-hybridized carbons (Fsp3) is 0.400. The number of carbonyl (C=O) groups is 3. The molecule has 7 heteroatoms. The Kier molecular flexibility index (Phi) is 5.43. The smallest absolute Gasteiger partial charge is 0.337 e. The van der Waals surface area contributed by atoms with Gasteiger partial charge in [-0.3, -0.25) is 9.59 Å². The van der Waals surface area contributed by atoms with Gasteiger partial charge in [-0.1, -0.05) is 6.92 Å². The average molecular weight is 322 g/mol. The predicted molar refractivity (Wildman–Crippen MR) is 84.7 cm³/mol. The molecule has 0 spiro atoms. The quantitative estimate of drug-likeness (QED) is 0.854. The molecule has 1 aromatic carbocycles. The van der Waals surface area contributed by atoms with Crippen molar-refractivity contribution in [2.24, 2.45) is 0 Å². The third-order valence-corrected chi connectivity index (χ3v) is 4.39. The minimum absolute atomic E-state index is 0.0220. The molecule has 2 amide bonds. The second-order valence-electron chi connectivity index (χ2n) is 4.79. The summed E-state index contributed by atoms with van der Waals surface area (Å²) in [6.45, 7) is 1.78. The van der Waals surface area contributed by atoms with Gasteiger partial charge in [-0.2, -0.15) is 0 Å². The standard InChI is InChI=1S/C15H18N2O4S/c1-3-13(18)17-9-22-8-12(17)14(19)16-11-6-4-10(5-7-11)15(20)21-2/h4-7,12H,3,8-9H2,1-2H3,(H,16,19). The summed E-state index contributed by atoms with van der Waals surface area (Å²) < 4.78 is 4.62.